The first-order valence-corrected chi connectivity index (χ1v) is 7.42. The first-order chi connectivity index (χ1) is 8.27. The second-order valence-electron chi connectivity index (χ2n) is 3.78. The number of esters is 1. The molecule has 0 saturated carbocycles. The van der Waals surface area contributed by atoms with Gasteiger partial charge in [0.2, 0.25) is 10.0 Å². The third-order valence-corrected chi connectivity index (χ3v) is 4.50. The third-order valence-electron chi connectivity index (χ3n) is 2.33. The predicted molar refractivity (Wildman–Crippen MR) is 70.7 cm³/mol. The molecule has 0 unspecified atom stereocenters. The number of nitrogens with one attached hydrogen (secondary N) is 1. The van der Waals surface area contributed by atoms with Crippen molar-refractivity contribution in [2.24, 2.45) is 0 Å². The first-order valence-electron chi connectivity index (χ1n) is 5.14. The second kappa shape index (κ2) is 5.81. The Bertz CT molecular complexity index is 556. The van der Waals surface area contributed by atoms with Crippen LogP contribution in [0.4, 0.5) is 0 Å². The van der Waals surface area contributed by atoms with Crippen LogP contribution in [0.15, 0.2) is 27.6 Å². The van der Waals surface area contributed by atoms with E-state index in [1.54, 1.807) is 19.1 Å². The molecule has 1 aromatic carbocycles. The number of benzene rings is 1. The highest BCUT2D eigenvalue weighted by Gasteiger charge is 2.23. The van der Waals surface area contributed by atoms with Gasteiger partial charge in [0.05, 0.1) is 12.0 Å². The Morgan fingerprint density at radius 3 is 2.61 bits per heavy atom. The van der Waals surface area contributed by atoms with Crippen LogP contribution in [0.1, 0.15) is 12.5 Å². The molecule has 0 amide bonds. The number of sulfonamides is 1. The fraction of sp³-hybridized carbons (Fsp3) is 0.364. The van der Waals surface area contributed by atoms with Crippen molar-refractivity contribution in [1.82, 2.24) is 4.72 Å². The van der Waals surface area contributed by atoms with Gasteiger partial charge in [-0.25, -0.2) is 8.42 Å². The highest BCUT2D eigenvalue weighted by atomic mass is 79.9. The van der Waals surface area contributed by atoms with Crippen LogP contribution in [-0.2, 0) is 19.6 Å². The molecule has 1 atom stereocenters. The lowest BCUT2D eigenvalue weighted by molar-refractivity contribution is -0.142. The molecule has 18 heavy (non-hydrogen) atoms. The third kappa shape index (κ3) is 3.54. The van der Waals surface area contributed by atoms with Crippen molar-refractivity contribution < 1.29 is 17.9 Å². The van der Waals surface area contributed by atoms with Crippen LogP contribution in [0.2, 0.25) is 0 Å². The minimum absolute atomic E-state index is 0.132. The molecule has 0 aliphatic carbocycles. The number of ether oxygens (including phenoxy) is 1. The number of hydrogen-bond acceptors (Lipinski definition) is 4. The van der Waals surface area contributed by atoms with Gasteiger partial charge >= 0.3 is 5.97 Å². The number of carbonyl (C=O) groups is 1. The second-order valence-corrected chi connectivity index (χ2v) is 6.37. The van der Waals surface area contributed by atoms with Crippen LogP contribution in [0, 0.1) is 6.92 Å². The van der Waals surface area contributed by atoms with Gasteiger partial charge in [0, 0.05) is 4.47 Å². The van der Waals surface area contributed by atoms with Gasteiger partial charge in [-0.2, -0.15) is 4.72 Å². The summed E-state index contributed by atoms with van der Waals surface area (Å²) in [4.78, 5) is 11.3. The Hall–Kier alpha value is -0.920. The molecule has 7 heteroatoms. The first kappa shape index (κ1) is 15.1. The standard InChI is InChI=1S/C11H14BrNO4S/c1-7-4-5-9(12)6-10(7)18(15,16)13-8(2)11(14)17-3/h4-6,8,13H,1-3H3/t8-/m1/s1. The smallest absolute Gasteiger partial charge is 0.323 e. The zero-order valence-electron chi connectivity index (χ0n) is 10.2. The van der Waals surface area contributed by atoms with E-state index in [2.05, 4.69) is 25.4 Å². The van der Waals surface area contributed by atoms with Crippen LogP contribution in [0.25, 0.3) is 0 Å². The lowest BCUT2D eigenvalue weighted by Crippen LogP contribution is -2.39. The number of rotatable bonds is 4. The van der Waals surface area contributed by atoms with Crippen LogP contribution < -0.4 is 4.72 Å². The minimum Gasteiger partial charge on any atom is -0.468 e. The fourth-order valence-corrected chi connectivity index (χ4v) is 3.36. The molecule has 0 spiro atoms. The molecule has 1 N–H and O–H groups in total. The largest absolute Gasteiger partial charge is 0.468 e. The highest BCUT2D eigenvalue weighted by molar-refractivity contribution is 9.10. The van der Waals surface area contributed by atoms with Crippen LogP contribution >= 0.6 is 15.9 Å². The van der Waals surface area contributed by atoms with Gasteiger partial charge in [0.15, 0.2) is 0 Å². The molecule has 0 aromatic heterocycles. The Morgan fingerprint density at radius 2 is 2.06 bits per heavy atom. The van der Waals surface area contributed by atoms with Crippen molar-refractivity contribution in [2.45, 2.75) is 24.8 Å². The summed E-state index contributed by atoms with van der Waals surface area (Å²) in [5.41, 5.74) is 0.600. The van der Waals surface area contributed by atoms with Gasteiger partial charge in [-0.15, -0.1) is 0 Å². The maximum Gasteiger partial charge on any atom is 0.323 e. The maximum atomic E-state index is 12.1. The lowest BCUT2D eigenvalue weighted by Gasteiger charge is -2.13. The molecule has 0 aliphatic rings. The highest BCUT2D eigenvalue weighted by Crippen LogP contribution is 2.20. The summed E-state index contributed by atoms with van der Waals surface area (Å²) in [5, 5.41) is 0. The van der Waals surface area contributed by atoms with Gasteiger partial charge in [-0.05, 0) is 31.5 Å². The maximum absolute atomic E-state index is 12.1. The Labute approximate surface area is 115 Å². The van der Waals surface area contributed by atoms with Crippen LogP contribution in [-0.4, -0.2) is 27.5 Å². The predicted octanol–water partition coefficient (Wildman–Crippen LogP) is 1.60. The van der Waals surface area contributed by atoms with Crippen molar-refractivity contribution in [1.29, 1.82) is 0 Å². The summed E-state index contributed by atoms with van der Waals surface area (Å²) < 4.78 is 31.6. The summed E-state index contributed by atoms with van der Waals surface area (Å²) in [6, 6.07) is 3.99. The van der Waals surface area contributed by atoms with E-state index in [0.29, 0.717) is 10.0 Å². The van der Waals surface area contributed by atoms with Crippen molar-refractivity contribution in [3.8, 4) is 0 Å². The van der Waals surface area contributed by atoms with E-state index in [-0.39, 0.29) is 4.90 Å². The molecule has 0 bridgehead atoms. The van der Waals surface area contributed by atoms with E-state index in [1.807, 2.05) is 0 Å². The number of aryl methyl sites for hydroxylation is 1. The van der Waals surface area contributed by atoms with Gasteiger partial charge < -0.3 is 4.74 Å². The Balaban J connectivity index is 3.07. The van der Waals surface area contributed by atoms with E-state index >= 15 is 0 Å². The van der Waals surface area contributed by atoms with Gasteiger partial charge in [-0.3, -0.25) is 4.79 Å². The average Bonchev–Trinajstić information content (AvgIpc) is 2.30. The van der Waals surface area contributed by atoms with Crippen LogP contribution in [0.3, 0.4) is 0 Å². The lowest BCUT2D eigenvalue weighted by atomic mass is 10.2. The van der Waals surface area contributed by atoms with Crippen molar-refractivity contribution in [2.75, 3.05) is 7.11 Å². The molecule has 5 nitrogen and oxygen atoms in total. The zero-order chi connectivity index (χ0) is 13.9. The van der Waals surface area contributed by atoms with Crippen molar-refractivity contribution in [3.05, 3.63) is 28.2 Å². The average molecular weight is 336 g/mol. The van der Waals surface area contributed by atoms with Crippen molar-refractivity contribution >= 4 is 31.9 Å². The van der Waals surface area contributed by atoms with Gasteiger partial charge in [-0.1, -0.05) is 22.0 Å². The number of halogens is 1. The normalized spacial score (nSPS) is 13.1. The van der Waals surface area contributed by atoms with Crippen LogP contribution in [0.5, 0.6) is 0 Å². The molecule has 0 saturated heterocycles. The summed E-state index contributed by atoms with van der Waals surface area (Å²) in [7, 11) is -2.54. The molecule has 1 aromatic rings. The topological polar surface area (TPSA) is 72.5 Å². The van der Waals surface area contributed by atoms with Crippen molar-refractivity contribution in [3.63, 3.8) is 0 Å². The summed E-state index contributed by atoms with van der Waals surface area (Å²) in [5.74, 6) is -0.633. The number of methoxy groups -OCH3 is 1. The van der Waals surface area contributed by atoms with E-state index in [9.17, 15) is 13.2 Å². The van der Waals surface area contributed by atoms with Gasteiger partial charge in [0.1, 0.15) is 6.04 Å². The Kier molecular flexibility index (Phi) is 4.89. The molecular formula is C11H14BrNO4S. The summed E-state index contributed by atoms with van der Waals surface area (Å²) in [6.07, 6.45) is 0. The number of hydrogen-bond donors (Lipinski definition) is 1. The molecule has 0 fully saturated rings. The molecule has 0 aliphatic heterocycles. The van der Waals surface area contributed by atoms with E-state index in [1.165, 1.54) is 20.1 Å². The Morgan fingerprint density at radius 1 is 1.44 bits per heavy atom. The molecule has 100 valence electrons. The monoisotopic (exact) mass is 335 g/mol. The quantitative estimate of drug-likeness (QED) is 0.848. The number of carbonyl (C=O) groups excluding carboxylic acids is 1. The molecule has 0 heterocycles. The fourth-order valence-electron chi connectivity index (χ4n) is 1.38. The zero-order valence-corrected chi connectivity index (χ0v) is 12.6. The summed E-state index contributed by atoms with van der Waals surface area (Å²) >= 11 is 3.21. The molecule has 1 rings (SSSR count). The SMILES string of the molecule is COC(=O)[C@@H](C)NS(=O)(=O)c1cc(Br)ccc1C. The summed E-state index contributed by atoms with van der Waals surface area (Å²) in [6.45, 7) is 3.11. The van der Waals surface area contributed by atoms with Gasteiger partial charge in [0.25, 0.3) is 0 Å². The molecular weight excluding hydrogens is 322 g/mol. The minimum atomic E-state index is -3.75. The van der Waals surface area contributed by atoms with E-state index < -0.39 is 22.0 Å². The van der Waals surface area contributed by atoms with E-state index in [0.717, 1.165) is 0 Å². The van der Waals surface area contributed by atoms with E-state index in [4.69, 9.17) is 0 Å². The molecule has 0 radical (unpaired) electrons.